The van der Waals surface area contributed by atoms with E-state index in [0.717, 1.165) is 15.8 Å². The lowest BCUT2D eigenvalue weighted by Gasteiger charge is -2.07. The first-order chi connectivity index (χ1) is 9.76. The van der Waals surface area contributed by atoms with Gasteiger partial charge in [-0.3, -0.25) is 0 Å². The first kappa shape index (κ1) is 13.3. The number of aliphatic hydroxyl groups is 1. The highest BCUT2D eigenvalue weighted by Crippen LogP contribution is 2.31. The van der Waals surface area contributed by atoms with E-state index in [2.05, 4.69) is 9.97 Å². The predicted octanol–water partition coefficient (Wildman–Crippen LogP) is 3.67. The van der Waals surface area contributed by atoms with Gasteiger partial charge in [-0.25, -0.2) is 4.98 Å². The fraction of sp³-hybridized carbons (Fsp3) is 0.143. The minimum absolute atomic E-state index is 0.136. The Bertz CT molecular complexity index is 728. The van der Waals surface area contributed by atoms with Gasteiger partial charge in [0.2, 0.25) is 11.2 Å². The number of hydrogen-bond acceptors (Lipinski definition) is 5. The first-order valence-corrected chi connectivity index (χ1v) is 7.30. The maximum absolute atomic E-state index is 8.89. The summed E-state index contributed by atoms with van der Waals surface area (Å²) in [6.45, 7) is 0.136. The highest BCUT2D eigenvalue weighted by atomic mass is 35.5. The van der Waals surface area contributed by atoms with Gasteiger partial charge in [-0.15, -0.1) is 11.3 Å². The minimum atomic E-state index is 0.136. The lowest BCUT2D eigenvalue weighted by atomic mass is 10.1. The predicted molar refractivity (Wildman–Crippen MR) is 79.7 cm³/mol. The van der Waals surface area contributed by atoms with Crippen LogP contribution in [0.2, 0.25) is 5.28 Å². The number of aliphatic hydroxyl groups excluding tert-OH is 1. The summed E-state index contributed by atoms with van der Waals surface area (Å²) in [6.07, 6.45) is 0.633. The molecule has 0 radical (unpaired) electrons. The smallest absolute Gasteiger partial charge is 0.232 e. The van der Waals surface area contributed by atoms with Crippen LogP contribution < -0.4 is 4.74 Å². The van der Waals surface area contributed by atoms with Crippen molar-refractivity contribution in [2.75, 3.05) is 6.61 Å². The molecule has 0 fully saturated rings. The maximum atomic E-state index is 8.89. The van der Waals surface area contributed by atoms with Gasteiger partial charge in [0, 0.05) is 6.61 Å². The summed E-state index contributed by atoms with van der Waals surface area (Å²) in [6, 6.07) is 9.43. The van der Waals surface area contributed by atoms with Crippen LogP contribution in [0.4, 0.5) is 0 Å². The number of fused-ring (bicyclic) bond motifs is 1. The number of halogens is 1. The normalized spacial score (nSPS) is 10.9. The molecule has 0 spiro atoms. The molecule has 6 heteroatoms. The summed E-state index contributed by atoms with van der Waals surface area (Å²) >= 11 is 7.38. The lowest BCUT2D eigenvalue weighted by Crippen LogP contribution is -1.93. The van der Waals surface area contributed by atoms with Crippen molar-refractivity contribution in [2.45, 2.75) is 6.42 Å². The van der Waals surface area contributed by atoms with Crippen molar-refractivity contribution in [1.29, 1.82) is 0 Å². The van der Waals surface area contributed by atoms with E-state index in [0.29, 0.717) is 18.1 Å². The van der Waals surface area contributed by atoms with Gasteiger partial charge >= 0.3 is 0 Å². The zero-order valence-electron chi connectivity index (χ0n) is 10.4. The summed E-state index contributed by atoms with van der Waals surface area (Å²) in [5.41, 5.74) is 1.06. The SMILES string of the molecule is OCCc1ccc(Oc2nc(Cl)nc3sccc23)cc1. The summed E-state index contributed by atoms with van der Waals surface area (Å²) in [4.78, 5) is 9.07. The third-order valence-corrected chi connectivity index (χ3v) is 3.78. The van der Waals surface area contributed by atoms with Gasteiger partial charge in [0.15, 0.2) is 0 Å². The van der Waals surface area contributed by atoms with Crippen LogP contribution >= 0.6 is 22.9 Å². The Kier molecular flexibility index (Phi) is 3.82. The van der Waals surface area contributed by atoms with Crippen molar-refractivity contribution in [1.82, 2.24) is 9.97 Å². The molecule has 0 aliphatic carbocycles. The molecule has 0 saturated heterocycles. The van der Waals surface area contributed by atoms with Crippen molar-refractivity contribution < 1.29 is 9.84 Å². The van der Waals surface area contributed by atoms with Crippen LogP contribution in [0.3, 0.4) is 0 Å². The molecule has 3 rings (SSSR count). The number of aromatic nitrogens is 2. The Morgan fingerprint density at radius 3 is 2.70 bits per heavy atom. The molecule has 0 unspecified atom stereocenters. The number of hydrogen-bond donors (Lipinski definition) is 1. The lowest BCUT2D eigenvalue weighted by molar-refractivity contribution is 0.299. The minimum Gasteiger partial charge on any atom is -0.438 e. The second kappa shape index (κ2) is 5.75. The Labute approximate surface area is 124 Å². The van der Waals surface area contributed by atoms with E-state index in [1.54, 1.807) is 0 Å². The standard InChI is InChI=1S/C14H11ClN2O2S/c15-14-16-12(11-6-8-20-13(11)17-14)19-10-3-1-9(2-4-10)5-7-18/h1-4,6,8,18H,5,7H2. The zero-order valence-corrected chi connectivity index (χ0v) is 12.0. The van der Waals surface area contributed by atoms with Crippen molar-refractivity contribution in [3.63, 3.8) is 0 Å². The highest BCUT2D eigenvalue weighted by molar-refractivity contribution is 7.16. The fourth-order valence-corrected chi connectivity index (χ4v) is 2.81. The molecule has 0 bridgehead atoms. The maximum Gasteiger partial charge on any atom is 0.232 e. The largest absolute Gasteiger partial charge is 0.438 e. The van der Waals surface area contributed by atoms with Gasteiger partial charge in [0.1, 0.15) is 10.6 Å². The van der Waals surface area contributed by atoms with Crippen LogP contribution in [-0.4, -0.2) is 21.7 Å². The molecule has 3 aromatic rings. The first-order valence-electron chi connectivity index (χ1n) is 6.04. The van der Waals surface area contributed by atoms with Crippen molar-refractivity contribution in [3.05, 3.63) is 46.6 Å². The molecule has 1 N–H and O–H groups in total. The summed E-state index contributed by atoms with van der Waals surface area (Å²) in [5, 5.41) is 11.8. The second-order valence-electron chi connectivity index (χ2n) is 4.16. The van der Waals surface area contributed by atoms with E-state index >= 15 is 0 Å². The average molecular weight is 307 g/mol. The van der Waals surface area contributed by atoms with E-state index in [1.807, 2.05) is 35.7 Å². The molecule has 0 amide bonds. The van der Waals surface area contributed by atoms with Crippen LogP contribution in [0.1, 0.15) is 5.56 Å². The molecular weight excluding hydrogens is 296 g/mol. The molecule has 0 saturated carbocycles. The van der Waals surface area contributed by atoms with E-state index in [1.165, 1.54) is 11.3 Å². The molecule has 4 nitrogen and oxygen atoms in total. The van der Waals surface area contributed by atoms with Gasteiger partial charge in [-0.05, 0) is 47.2 Å². The van der Waals surface area contributed by atoms with Gasteiger partial charge in [0.05, 0.1) is 5.39 Å². The molecule has 0 aliphatic heterocycles. The fourth-order valence-electron chi connectivity index (χ4n) is 1.85. The molecule has 0 aliphatic rings. The third kappa shape index (κ3) is 2.75. The summed E-state index contributed by atoms with van der Waals surface area (Å²) in [7, 11) is 0. The van der Waals surface area contributed by atoms with Crippen LogP contribution in [0, 0.1) is 0 Å². The number of nitrogens with zero attached hydrogens (tertiary/aromatic N) is 2. The number of ether oxygens (including phenoxy) is 1. The Balaban J connectivity index is 1.90. The average Bonchev–Trinajstić information content (AvgIpc) is 2.89. The quantitative estimate of drug-likeness (QED) is 0.747. The summed E-state index contributed by atoms with van der Waals surface area (Å²) < 4.78 is 5.77. The van der Waals surface area contributed by atoms with E-state index < -0.39 is 0 Å². The molecule has 2 heterocycles. The molecule has 0 atom stereocenters. The van der Waals surface area contributed by atoms with Crippen molar-refractivity contribution >= 4 is 33.2 Å². The Hall–Kier alpha value is -1.69. The van der Waals surface area contributed by atoms with E-state index in [-0.39, 0.29) is 11.9 Å². The molecular formula is C14H11ClN2O2S. The molecule has 102 valence electrons. The van der Waals surface area contributed by atoms with Crippen LogP contribution in [0.5, 0.6) is 11.6 Å². The molecule has 1 aromatic carbocycles. The van der Waals surface area contributed by atoms with E-state index in [9.17, 15) is 0 Å². The Morgan fingerprint density at radius 1 is 1.15 bits per heavy atom. The number of thiophene rings is 1. The van der Waals surface area contributed by atoms with Gasteiger partial charge in [0.25, 0.3) is 0 Å². The number of rotatable bonds is 4. The monoisotopic (exact) mass is 306 g/mol. The molecule has 20 heavy (non-hydrogen) atoms. The van der Waals surface area contributed by atoms with Crippen LogP contribution in [0.15, 0.2) is 35.7 Å². The van der Waals surface area contributed by atoms with Gasteiger partial charge < -0.3 is 9.84 Å². The van der Waals surface area contributed by atoms with Crippen molar-refractivity contribution in [3.8, 4) is 11.6 Å². The Morgan fingerprint density at radius 2 is 1.95 bits per heavy atom. The molecule has 2 aromatic heterocycles. The van der Waals surface area contributed by atoms with E-state index in [4.69, 9.17) is 21.4 Å². The second-order valence-corrected chi connectivity index (χ2v) is 5.39. The number of benzene rings is 1. The van der Waals surface area contributed by atoms with Crippen molar-refractivity contribution in [2.24, 2.45) is 0 Å². The topological polar surface area (TPSA) is 55.2 Å². The zero-order chi connectivity index (χ0) is 13.9. The van der Waals surface area contributed by atoms with Crippen LogP contribution in [0.25, 0.3) is 10.2 Å². The third-order valence-electron chi connectivity index (χ3n) is 2.80. The highest BCUT2D eigenvalue weighted by Gasteiger charge is 2.10. The van der Waals surface area contributed by atoms with Crippen LogP contribution in [-0.2, 0) is 6.42 Å². The van der Waals surface area contributed by atoms with Gasteiger partial charge in [-0.1, -0.05) is 12.1 Å². The summed E-state index contributed by atoms with van der Waals surface area (Å²) in [5.74, 6) is 1.13. The van der Waals surface area contributed by atoms with Gasteiger partial charge in [-0.2, -0.15) is 4.98 Å².